The van der Waals surface area contributed by atoms with E-state index in [9.17, 15) is 4.39 Å². The number of halogens is 1. The molecule has 0 aliphatic rings. The quantitative estimate of drug-likeness (QED) is 0.820. The molecule has 0 bridgehead atoms. The fourth-order valence-corrected chi connectivity index (χ4v) is 2.10. The molecule has 0 saturated heterocycles. The van der Waals surface area contributed by atoms with Gasteiger partial charge in [0.05, 0.1) is 7.11 Å². The summed E-state index contributed by atoms with van der Waals surface area (Å²) in [5.74, 6) is 0.452. The number of nitrogens with zero attached hydrogens (tertiary/aromatic N) is 1. The van der Waals surface area contributed by atoms with E-state index >= 15 is 0 Å². The van der Waals surface area contributed by atoms with Crippen LogP contribution in [0.25, 0.3) is 11.3 Å². The van der Waals surface area contributed by atoms with Crippen LogP contribution in [0, 0.1) is 5.82 Å². The number of aromatic nitrogens is 1. The molecular formula is C16H19FN2O. The predicted molar refractivity (Wildman–Crippen MR) is 78.2 cm³/mol. The van der Waals surface area contributed by atoms with Gasteiger partial charge in [-0.2, -0.15) is 0 Å². The summed E-state index contributed by atoms with van der Waals surface area (Å²) in [6.07, 6.45) is 2.75. The van der Waals surface area contributed by atoms with Crippen molar-refractivity contribution >= 4 is 0 Å². The largest absolute Gasteiger partial charge is 0.494 e. The Morgan fingerprint density at radius 2 is 2.15 bits per heavy atom. The molecule has 20 heavy (non-hydrogen) atoms. The molecule has 1 aromatic carbocycles. The van der Waals surface area contributed by atoms with Gasteiger partial charge >= 0.3 is 0 Å². The lowest BCUT2D eigenvalue weighted by atomic mass is 10.0. The number of nitrogens with one attached hydrogen (secondary N) is 1. The van der Waals surface area contributed by atoms with Crippen LogP contribution in [-0.4, -0.2) is 18.6 Å². The van der Waals surface area contributed by atoms with E-state index in [0.29, 0.717) is 12.3 Å². The van der Waals surface area contributed by atoms with Gasteiger partial charge in [-0.25, -0.2) is 4.39 Å². The van der Waals surface area contributed by atoms with E-state index in [1.807, 2.05) is 12.1 Å². The van der Waals surface area contributed by atoms with E-state index in [2.05, 4.69) is 17.2 Å². The molecule has 3 nitrogen and oxygen atoms in total. The van der Waals surface area contributed by atoms with Crippen molar-refractivity contribution in [3.63, 3.8) is 0 Å². The van der Waals surface area contributed by atoms with Gasteiger partial charge in [0.15, 0.2) is 0 Å². The van der Waals surface area contributed by atoms with E-state index < -0.39 is 0 Å². The van der Waals surface area contributed by atoms with Crippen LogP contribution in [0.3, 0.4) is 0 Å². The molecule has 0 saturated carbocycles. The highest BCUT2D eigenvalue weighted by molar-refractivity contribution is 5.69. The molecule has 0 amide bonds. The minimum absolute atomic E-state index is 0.239. The molecule has 0 spiro atoms. The van der Waals surface area contributed by atoms with Gasteiger partial charge in [0, 0.05) is 18.3 Å². The summed E-state index contributed by atoms with van der Waals surface area (Å²) < 4.78 is 18.8. The van der Waals surface area contributed by atoms with Gasteiger partial charge in [-0.1, -0.05) is 6.92 Å². The van der Waals surface area contributed by atoms with Crippen LogP contribution in [0.2, 0.25) is 0 Å². The van der Waals surface area contributed by atoms with E-state index in [-0.39, 0.29) is 5.82 Å². The van der Waals surface area contributed by atoms with Crippen molar-refractivity contribution in [1.82, 2.24) is 10.3 Å². The van der Waals surface area contributed by atoms with Crippen molar-refractivity contribution in [2.45, 2.75) is 19.9 Å². The average molecular weight is 274 g/mol. The summed E-state index contributed by atoms with van der Waals surface area (Å²) in [6, 6.07) is 8.43. The Hall–Kier alpha value is -1.94. The lowest BCUT2D eigenvalue weighted by molar-refractivity contribution is 0.414. The van der Waals surface area contributed by atoms with Crippen molar-refractivity contribution < 1.29 is 9.13 Å². The third-order valence-corrected chi connectivity index (χ3v) is 3.06. The lowest BCUT2D eigenvalue weighted by Gasteiger charge is -2.13. The minimum Gasteiger partial charge on any atom is -0.494 e. The monoisotopic (exact) mass is 274 g/mol. The Labute approximate surface area is 118 Å². The zero-order chi connectivity index (χ0) is 14.4. The molecule has 0 aliphatic heterocycles. The second-order valence-corrected chi connectivity index (χ2v) is 4.53. The number of hydrogen-bond donors (Lipinski definition) is 1. The van der Waals surface area contributed by atoms with E-state index in [4.69, 9.17) is 4.74 Å². The second-order valence-electron chi connectivity index (χ2n) is 4.53. The first-order valence-electron chi connectivity index (χ1n) is 6.74. The van der Waals surface area contributed by atoms with Gasteiger partial charge in [0.1, 0.15) is 17.3 Å². The number of methoxy groups -OCH3 is 1. The van der Waals surface area contributed by atoms with Crippen LogP contribution in [0.1, 0.15) is 18.9 Å². The number of benzene rings is 1. The maximum atomic E-state index is 13.5. The van der Waals surface area contributed by atoms with E-state index in [0.717, 1.165) is 29.8 Å². The molecule has 1 N–H and O–H groups in total. The Morgan fingerprint density at radius 3 is 2.90 bits per heavy atom. The van der Waals surface area contributed by atoms with Crippen LogP contribution in [0.15, 0.2) is 36.5 Å². The number of hydrogen-bond acceptors (Lipinski definition) is 3. The summed E-state index contributed by atoms with van der Waals surface area (Å²) in [7, 11) is 1.61. The first-order chi connectivity index (χ1) is 9.76. The molecule has 0 unspecified atom stereocenters. The molecule has 0 aliphatic carbocycles. The van der Waals surface area contributed by atoms with Crippen LogP contribution < -0.4 is 10.1 Å². The zero-order valence-corrected chi connectivity index (χ0v) is 11.8. The van der Waals surface area contributed by atoms with Gasteiger partial charge in [-0.05, 0) is 48.9 Å². The molecule has 1 heterocycles. The van der Waals surface area contributed by atoms with Crippen molar-refractivity contribution in [2.24, 2.45) is 0 Å². The number of rotatable bonds is 6. The molecule has 2 rings (SSSR count). The summed E-state index contributed by atoms with van der Waals surface area (Å²) in [5.41, 5.74) is 2.52. The second kappa shape index (κ2) is 7.01. The highest BCUT2D eigenvalue weighted by Gasteiger charge is 2.12. The maximum Gasteiger partial charge on any atom is 0.145 e. The molecule has 4 heteroatoms. The molecule has 0 radical (unpaired) electrons. The highest BCUT2D eigenvalue weighted by Crippen LogP contribution is 2.30. The Kier molecular flexibility index (Phi) is 5.07. The van der Waals surface area contributed by atoms with Gasteiger partial charge < -0.3 is 10.1 Å². The van der Waals surface area contributed by atoms with E-state index in [1.165, 1.54) is 6.07 Å². The Balaban J connectivity index is 2.39. The Bertz CT molecular complexity index is 572. The van der Waals surface area contributed by atoms with Crippen molar-refractivity contribution in [3.8, 4) is 17.0 Å². The summed E-state index contributed by atoms with van der Waals surface area (Å²) in [4.78, 5) is 4.36. The average Bonchev–Trinajstić information content (AvgIpc) is 2.48. The summed E-state index contributed by atoms with van der Waals surface area (Å²) >= 11 is 0. The topological polar surface area (TPSA) is 34.2 Å². The number of pyridine rings is 1. The van der Waals surface area contributed by atoms with Gasteiger partial charge in [0.2, 0.25) is 0 Å². The molecule has 106 valence electrons. The third kappa shape index (κ3) is 3.33. The van der Waals surface area contributed by atoms with E-state index in [1.54, 1.807) is 25.4 Å². The van der Waals surface area contributed by atoms with Crippen LogP contribution in [0.5, 0.6) is 5.75 Å². The molecule has 2 aromatic rings. The zero-order valence-electron chi connectivity index (χ0n) is 11.8. The van der Waals surface area contributed by atoms with Crippen LogP contribution in [0.4, 0.5) is 4.39 Å². The third-order valence-electron chi connectivity index (χ3n) is 3.06. The highest BCUT2D eigenvalue weighted by atomic mass is 19.1. The molecular weight excluding hydrogens is 255 g/mol. The SMILES string of the molecule is CCCNCc1cc(F)ccc1-c1ncccc1OC. The maximum absolute atomic E-state index is 13.5. The minimum atomic E-state index is -0.239. The fraction of sp³-hybridized carbons (Fsp3) is 0.312. The molecule has 0 atom stereocenters. The van der Waals surface area contributed by atoms with Crippen LogP contribution >= 0.6 is 0 Å². The first kappa shape index (κ1) is 14.5. The van der Waals surface area contributed by atoms with Gasteiger partial charge in [-0.15, -0.1) is 0 Å². The predicted octanol–water partition coefficient (Wildman–Crippen LogP) is 3.40. The normalized spacial score (nSPS) is 10.6. The molecule has 0 fully saturated rings. The summed E-state index contributed by atoms with van der Waals surface area (Å²) in [5, 5.41) is 3.29. The first-order valence-corrected chi connectivity index (χ1v) is 6.74. The lowest BCUT2D eigenvalue weighted by Crippen LogP contribution is -2.14. The van der Waals surface area contributed by atoms with Gasteiger partial charge in [-0.3, -0.25) is 4.98 Å². The van der Waals surface area contributed by atoms with Crippen LogP contribution in [-0.2, 0) is 6.54 Å². The van der Waals surface area contributed by atoms with Crippen molar-refractivity contribution in [3.05, 3.63) is 47.9 Å². The Morgan fingerprint density at radius 1 is 1.30 bits per heavy atom. The van der Waals surface area contributed by atoms with Crippen molar-refractivity contribution in [2.75, 3.05) is 13.7 Å². The fourth-order valence-electron chi connectivity index (χ4n) is 2.10. The van der Waals surface area contributed by atoms with Crippen molar-refractivity contribution in [1.29, 1.82) is 0 Å². The number of ether oxygens (including phenoxy) is 1. The smallest absolute Gasteiger partial charge is 0.145 e. The van der Waals surface area contributed by atoms with Gasteiger partial charge in [0.25, 0.3) is 0 Å². The standard InChI is InChI=1S/C16H19FN2O/c1-3-8-18-11-12-10-13(17)6-7-14(12)16-15(20-2)5-4-9-19-16/h4-7,9-10,18H,3,8,11H2,1-2H3. The summed E-state index contributed by atoms with van der Waals surface area (Å²) in [6.45, 7) is 3.61. The molecule has 1 aromatic heterocycles.